The molecule has 0 saturated heterocycles. The maximum absolute atomic E-state index is 13.3. The molecule has 1 aromatic rings. The number of Topliss-reactive ketones (excluding diaryl/α,β-unsaturated/α-hetero) is 2. The van der Waals surface area contributed by atoms with Crippen LogP contribution in [-0.2, 0) is 14.4 Å². The predicted octanol–water partition coefficient (Wildman–Crippen LogP) is 4.29. The number of hydrogen-bond acceptors (Lipinski definition) is 5. The summed E-state index contributed by atoms with van der Waals surface area (Å²) in [6.07, 6.45) is 2.43. The molecule has 0 radical (unpaired) electrons. The number of rotatable bonds is 4. The van der Waals surface area contributed by atoms with Crippen LogP contribution in [0.2, 0.25) is 0 Å². The second-order valence-electron chi connectivity index (χ2n) is 10.7. The Kier molecular flexibility index (Phi) is 5.60. The molecule has 4 rings (SSSR count). The number of primary amides is 1. The van der Waals surface area contributed by atoms with E-state index in [2.05, 4.69) is 48.9 Å². The Bertz CT molecular complexity index is 1050. The quantitative estimate of drug-likeness (QED) is 0.642. The van der Waals surface area contributed by atoms with Crippen molar-refractivity contribution in [1.82, 2.24) is 5.32 Å². The summed E-state index contributed by atoms with van der Waals surface area (Å²) in [5.41, 5.74) is 9.05. The highest BCUT2D eigenvalue weighted by Crippen LogP contribution is 2.51. The van der Waals surface area contributed by atoms with Crippen molar-refractivity contribution in [3.05, 3.63) is 50.8 Å². The highest BCUT2D eigenvalue weighted by molar-refractivity contribution is 9.10. The van der Waals surface area contributed by atoms with Gasteiger partial charge in [-0.25, -0.2) is 0 Å². The number of ether oxygens (including phenoxy) is 1. The van der Waals surface area contributed by atoms with Crippen LogP contribution in [0.4, 0.5) is 0 Å². The summed E-state index contributed by atoms with van der Waals surface area (Å²) < 4.78 is 6.10. The van der Waals surface area contributed by atoms with E-state index in [-0.39, 0.29) is 29.0 Å². The highest BCUT2D eigenvalue weighted by atomic mass is 79.9. The molecule has 0 spiro atoms. The SMILES string of the molecule is CC1(C)CC(=O)C2=C(C1)NC1=C(C(=O)CC(C)(C)C1)C2c1ccc(OCC(N)=O)c(Br)c1. The predicted molar refractivity (Wildman–Crippen MR) is 125 cm³/mol. The van der Waals surface area contributed by atoms with E-state index < -0.39 is 11.8 Å². The van der Waals surface area contributed by atoms with Crippen LogP contribution in [0.25, 0.3) is 0 Å². The van der Waals surface area contributed by atoms with Crippen molar-refractivity contribution in [1.29, 1.82) is 0 Å². The molecule has 0 saturated carbocycles. The topological polar surface area (TPSA) is 98.5 Å². The van der Waals surface area contributed by atoms with Crippen molar-refractivity contribution in [3.8, 4) is 5.75 Å². The van der Waals surface area contributed by atoms with E-state index >= 15 is 0 Å². The lowest BCUT2D eigenvalue weighted by Crippen LogP contribution is -2.42. The molecule has 0 bridgehead atoms. The minimum Gasteiger partial charge on any atom is -0.483 e. The Morgan fingerprint density at radius 1 is 1.03 bits per heavy atom. The molecule has 1 amide bonds. The van der Waals surface area contributed by atoms with E-state index in [1.807, 2.05) is 12.1 Å². The minimum absolute atomic E-state index is 0.0862. The second kappa shape index (κ2) is 7.87. The van der Waals surface area contributed by atoms with Crippen LogP contribution in [0.3, 0.4) is 0 Å². The summed E-state index contributed by atoms with van der Waals surface area (Å²) in [7, 11) is 0. The maximum Gasteiger partial charge on any atom is 0.255 e. The lowest BCUT2D eigenvalue weighted by Gasteiger charge is -2.44. The summed E-state index contributed by atoms with van der Waals surface area (Å²) in [6, 6.07) is 5.49. The number of nitrogens with one attached hydrogen (secondary N) is 1. The summed E-state index contributed by atoms with van der Waals surface area (Å²) in [5, 5.41) is 3.52. The molecule has 1 aliphatic heterocycles. The number of allylic oxidation sites excluding steroid dienone is 4. The van der Waals surface area contributed by atoms with Crippen molar-refractivity contribution in [2.24, 2.45) is 16.6 Å². The van der Waals surface area contributed by atoms with Gasteiger partial charge >= 0.3 is 0 Å². The number of carbonyl (C=O) groups excluding carboxylic acids is 3. The molecule has 170 valence electrons. The van der Waals surface area contributed by atoms with Gasteiger partial charge in [0, 0.05) is 41.3 Å². The Hall–Kier alpha value is -2.41. The zero-order valence-corrected chi connectivity index (χ0v) is 20.5. The van der Waals surface area contributed by atoms with Gasteiger partial charge in [-0.05, 0) is 57.3 Å². The van der Waals surface area contributed by atoms with E-state index in [0.717, 1.165) is 29.8 Å². The van der Waals surface area contributed by atoms with Crippen LogP contribution in [-0.4, -0.2) is 24.1 Å². The van der Waals surface area contributed by atoms with E-state index in [1.54, 1.807) is 6.07 Å². The van der Waals surface area contributed by atoms with Gasteiger partial charge in [-0.2, -0.15) is 0 Å². The number of hydrogen-bond donors (Lipinski definition) is 2. The van der Waals surface area contributed by atoms with Gasteiger partial charge in [0.2, 0.25) is 0 Å². The third-order valence-electron chi connectivity index (χ3n) is 6.38. The monoisotopic (exact) mass is 500 g/mol. The van der Waals surface area contributed by atoms with Crippen LogP contribution in [0.15, 0.2) is 45.2 Å². The lowest BCUT2D eigenvalue weighted by atomic mass is 9.64. The fraction of sp³-hybridized carbons (Fsp3) is 0.480. The van der Waals surface area contributed by atoms with Crippen LogP contribution in [0.1, 0.15) is 64.9 Å². The first-order valence-electron chi connectivity index (χ1n) is 10.9. The molecule has 0 aromatic heterocycles. The fourth-order valence-electron chi connectivity index (χ4n) is 5.18. The fourth-order valence-corrected chi connectivity index (χ4v) is 5.70. The molecule has 0 unspecified atom stereocenters. The van der Waals surface area contributed by atoms with Crippen molar-refractivity contribution < 1.29 is 19.1 Å². The van der Waals surface area contributed by atoms with Gasteiger partial charge in [-0.1, -0.05) is 33.8 Å². The van der Waals surface area contributed by atoms with Crippen LogP contribution < -0.4 is 15.8 Å². The summed E-state index contributed by atoms with van der Waals surface area (Å²) in [6.45, 7) is 8.19. The van der Waals surface area contributed by atoms with Crippen molar-refractivity contribution in [2.75, 3.05) is 6.61 Å². The van der Waals surface area contributed by atoms with E-state index in [4.69, 9.17) is 10.5 Å². The molecule has 0 fully saturated rings. The number of amides is 1. The zero-order chi connectivity index (χ0) is 23.4. The molecular weight excluding hydrogens is 472 g/mol. The van der Waals surface area contributed by atoms with Gasteiger partial charge in [0.1, 0.15) is 5.75 Å². The number of ketones is 2. The summed E-state index contributed by atoms with van der Waals surface area (Å²) >= 11 is 3.51. The van der Waals surface area contributed by atoms with E-state index in [0.29, 0.717) is 34.2 Å². The average Bonchev–Trinajstić information content (AvgIpc) is 2.63. The van der Waals surface area contributed by atoms with Crippen LogP contribution in [0, 0.1) is 10.8 Å². The normalized spacial score (nSPS) is 22.3. The maximum atomic E-state index is 13.3. The summed E-state index contributed by atoms with van der Waals surface area (Å²) in [4.78, 5) is 37.8. The van der Waals surface area contributed by atoms with Gasteiger partial charge in [0.25, 0.3) is 5.91 Å². The first kappa shape index (κ1) is 22.8. The van der Waals surface area contributed by atoms with E-state index in [1.165, 1.54) is 0 Å². The molecule has 6 nitrogen and oxygen atoms in total. The van der Waals surface area contributed by atoms with E-state index in [9.17, 15) is 14.4 Å². The number of halogens is 1. The van der Waals surface area contributed by atoms with Gasteiger partial charge in [-0.3, -0.25) is 14.4 Å². The Morgan fingerprint density at radius 3 is 2.03 bits per heavy atom. The molecule has 2 aliphatic carbocycles. The highest BCUT2D eigenvalue weighted by Gasteiger charge is 2.46. The molecule has 1 heterocycles. The number of dihydropyridines is 1. The molecular formula is C25H29BrN2O4. The Balaban J connectivity index is 1.83. The van der Waals surface area contributed by atoms with Crippen molar-refractivity contribution >= 4 is 33.4 Å². The number of benzene rings is 1. The molecule has 1 aromatic carbocycles. The largest absolute Gasteiger partial charge is 0.483 e. The van der Waals surface area contributed by atoms with Gasteiger partial charge in [0.05, 0.1) is 4.47 Å². The first-order valence-corrected chi connectivity index (χ1v) is 11.7. The van der Waals surface area contributed by atoms with Gasteiger partial charge in [0.15, 0.2) is 18.2 Å². The Labute approximate surface area is 196 Å². The average molecular weight is 501 g/mol. The third-order valence-corrected chi connectivity index (χ3v) is 7.00. The lowest BCUT2D eigenvalue weighted by molar-refractivity contribution is -0.120. The van der Waals surface area contributed by atoms with Crippen LogP contribution in [0.5, 0.6) is 5.75 Å². The molecule has 7 heteroatoms. The van der Waals surface area contributed by atoms with Crippen LogP contribution >= 0.6 is 15.9 Å². The third kappa shape index (κ3) is 4.27. The standard InChI is InChI=1S/C25H29BrN2O4/c1-24(2)8-15-22(17(29)10-24)21(23-16(28-15)9-25(3,4)11-18(23)30)13-5-6-19(14(26)7-13)32-12-20(27)31/h5-7,21,28H,8-12H2,1-4H3,(H2,27,31). The molecule has 3 aliphatic rings. The summed E-state index contributed by atoms with van der Waals surface area (Å²) in [5.74, 6) is -0.312. The Morgan fingerprint density at radius 2 is 1.56 bits per heavy atom. The zero-order valence-electron chi connectivity index (χ0n) is 18.9. The smallest absolute Gasteiger partial charge is 0.255 e. The molecule has 0 atom stereocenters. The molecule has 32 heavy (non-hydrogen) atoms. The number of nitrogens with two attached hydrogens (primary N) is 1. The van der Waals surface area contributed by atoms with Gasteiger partial charge in [-0.15, -0.1) is 0 Å². The second-order valence-corrected chi connectivity index (χ2v) is 11.5. The molecule has 3 N–H and O–H groups in total. The first-order chi connectivity index (χ1) is 14.9. The van der Waals surface area contributed by atoms with Crippen molar-refractivity contribution in [2.45, 2.75) is 59.3 Å². The number of carbonyl (C=O) groups is 3. The minimum atomic E-state index is -0.560. The van der Waals surface area contributed by atoms with Gasteiger partial charge < -0.3 is 15.8 Å². The van der Waals surface area contributed by atoms with Crippen molar-refractivity contribution in [3.63, 3.8) is 0 Å².